The van der Waals surface area contributed by atoms with Crippen LogP contribution in [0.5, 0.6) is 0 Å². The number of nitriles is 1. The number of Topliss-reactive ketones (excluding diaryl/α,β-unsaturated/α-hetero) is 1. The van der Waals surface area contributed by atoms with Crippen LogP contribution >= 0.6 is 24.8 Å². The number of thiol groups is 1. The van der Waals surface area contributed by atoms with Gasteiger partial charge in [-0.1, -0.05) is 39.1 Å². The van der Waals surface area contributed by atoms with Crippen LogP contribution in [0.3, 0.4) is 0 Å². The van der Waals surface area contributed by atoms with Crippen molar-refractivity contribution in [2.75, 3.05) is 0 Å². The molecule has 0 spiro atoms. The maximum Gasteiger partial charge on any atom is 0.237 e. The van der Waals surface area contributed by atoms with Gasteiger partial charge in [0, 0.05) is 17.5 Å². The van der Waals surface area contributed by atoms with E-state index < -0.39 is 17.4 Å². The highest BCUT2D eigenvalue weighted by Gasteiger charge is 2.43. The van der Waals surface area contributed by atoms with Crippen molar-refractivity contribution >= 4 is 34.8 Å². The van der Waals surface area contributed by atoms with Gasteiger partial charge in [0.15, 0.2) is 18.3 Å². The first-order valence-electron chi connectivity index (χ1n) is 5.91. The molecule has 5 heteroatoms. The van der Waals surface area contributed by atoms with Crippen LogP contribution in [0.25, 0.3) is 0 Å². The van der Waals surface area contributed by atoms with Crippen LogP contribution in [0.1, 0.15) is 26.8 Å². The molecule has 0 radical (unpaired) electrons. The van der Waals surface area contributed by atoms with Crippen LogP contribution in [0.4, 0.5) is 0 Å². The molecule has 0 amide bonds. The third-order valence-electron chi connectivity index (χ3n) is 2.79. The maximum absolute atomic E-state index is 12.6. The van der Waals surface area contributed by atoms with Gasteiger partial charge in [-0.25, -0.2) is 0 Å². The molecular weight excluding hydrogens is 276 g/mol. The summed E-state index contributed by atoms with van der Waals surface area (Å²) in [5.74, 6) is -0.760. The zero-order valence-corrected chi connectivity index (χ0v) is 12.9. The summed E-state index contributed by atoms with van der Waals surface area (Å²) < 4.78 is 1.96. The van der Waals surface area contributed by atoms with E-state index in [2.05, 4.69) is 18.7 Å². The van der Waals surface area contributed by atoms with Crippen molar-refractivity contribution in [1.82, 2.24) is 0 Å². The lowest BCUT2D eigenvalue weighted by Gasteiger charge is -2.23. The van der Waals surface area contributed by atoms with Gasteiger partial charge in [0.1, 0.15) is 0 Å². The van der Waals surface area contributed by atoms with Crippen molar-refractivity contribution in [3.05, 3.63) is 30.6 Å². The molecule has 0 N–H and O–H groups in total. The first-order chi connectivity index (χ1) is 8.79. The molecule has 2 atom stereocenters. The van der Waals surface area contributed by atoms with E-state index in [1.54, 1.807) is 17.0 Å². The number of hydrogen-bond acceptors (Lipinski definition) is 3. The molecule has 19 heavy (non-hydrogen) atoms. The number of hydrogen-bond donors (Lipinski definition) is 1. The molecule has 1 aromatic heterocycles. The standard InChI is InChI=1S/C14H16N2OS2/c1-14(2,3)12(17)11(10(9-15)13(18)19)16-7-5-4-6-8-16/h4-8,10-11H,1-3H3/p+1/t10-,11-/m0/s1. The van der Waals surface area contributed by atoms with Crippen LogP contribution in [0.15, 0.2) is 30.6 Å². The third-order valence-corrected chi connectivity index (χ3v) is 3.32. The average molecular weight is 293 g/mol. The van der Waals surface area contributed by atoms with E-state index in [1.807, 2.05) is 39.0 Å². The molecule has 0 aliphatic rings. The number of carbonyl (C=O) groups excluding carboxylic acids is 1. The van der Waals surface area contributed by atoms with E-state index >= 15 is 0 Å². The van der Waals surface area contributed by atoms with Gasteiger partial charge in [0.2, 0.25) is 11.8 Å². The van der Waals surface area contributed by atoms with Gasteiger partial charge >= 0.3 is 0 Å². The predicted octanol–water partition coefficient (Wildman–Crippen LogP) is 2.53. The fourth-order valence-electron chi connectivity index (χ4n) is 1.76. The second kappa shape index (κ2) is 6.27. The number of carbonyl (C=O) groups is 1. The monoisotopic (exact) mass is 293 g/mol. The van der Waals surface area contributed by atoms with Crippen molar-refractivity contribution < 1.29 is 9.36 Å². The minimum Gasteiger partial charge on any atom is -0.292 e. The lowest BCUT2D eigenvalue weighted by Crippen LogP contribution is -2.51. The SMILES string of the molecule is CC(C)(C)C(=O)[C@H]([C@H](C#N)C(=S)S)[n+]1ccccc1. The van der Waals surface area contributed by atoms with Gasteiger partial charge < -0.3 is 0 Å². The highest BCUT2D eigenvalue weighted by Crippen LogP contribution is 2.27. The molecule has 1 rings (SSSR count). The van der Waals surface area contributed by atoms with E-state index in [4.69, 9.17) is 12.2 Å². The Labute approximate surface area is 124 Å². The lowest BCUT2D eigenvalue weighted by molar-refractivity contribution is -0.712. The van der Waals surface area contributed by atoms with Crippen molar-refractivity contribution in [2.45, 2.75) is 26.8 Å². The van der Waals surface area contributed by atoms with Crippen LogP contribution in [-0.4, -0.2) is 9.98 Å². The van der Waals surface area contributed by atoms with Crippen LogP contribution in [0, 0.1) is 22.7 Å². The second-order valence-electron chi connectivity index (χ2n) is 5.33. The molecule has 0 saturated carbocycles. The van der Waals surface area contributed by atoms with Crippen LogP contribution in [-0.2, 0) is 4.79 Å². The Balaban J connectivity index is 3.31. The molecule has 0 aromatic carbocycles. The van der Waals surface area contributed by atoms with Crippen molar-refractivity contribution in [1.29, 1.82) is 5.26 Å². The molecule has 0 saturated heterocycles. The number of rotatable bonds is 4. The van der Waals surface area contributed by atoms with E-state index in [0.29, 0.717) is 0 Å². The Morgan fingerprint density at radius 2 is 1.84 bits per heavy atom. The molecular formula is C14H17N2OS2+. The highest BCUT2D eigenvalue weighted by molar-refractivity contribution is 8.11. The number of thiocarbonyl (C=S) groups is 1. The van der Waals surface area contributed by atoms with Gasteiger partial charge in [0.05, 0.1) is 10.3 Å². The summed E-state index contributed by atoms with van der Waals surface area (Å²) in [4.78, 5) is 12.6. The fraction of sp³-hybridized carbons (Fsp3) is 0.429. The van der Waals surface area contributed by atoms with Crippen LogP contribution in [0.2, 0.25) is 0 Å². The normalized spacial score (nSPS) is 14.3. The Kier molecular flexibility index (Phi) is 5.21. The molecule has 100 valence electrons. The first kappa shape index (κ1) is 15.8. The minimum absolute atomic E-state index is 0.0355. The molecule has 0 aliphatic carbocycles. The summed E-state index contributed by atoms with van der Waals surface area (Å²) in [5, 5.41) is 9.29. The topological polar surface area (TPSA) is 44.7 Å². The Bertz CT molecular complexity index is 514. The van der Waals surface area contributed by atoms with Gasteiger partial charge in [0.25, 0.3) is 0 Å². The predicted molar refractivity (Wildman–Crippen MR) is 80.8 cm³/mol. The number of aromatic nitrogens is 1. The van der Waals surface area contributed by atoms with Gasteiger partial charge in [-0.2, -0.15) is 9.83 Å². The zero-order valence-electron chi connectivity index (χ0n) is 11.2. The molecule has 1 heterocycles. The largest absolute Gasteiger partial charge is 0.292 e. The Hall–Kier alpha value is -1.25. The lowest BCUT2D eigenvalue weighted by atomic mass is 9.82. The van der Waals surface area contributed by atoms with E-state index in [1.165, 1.54) is 0 Å². The molecule has 1 aromatic rings. The molecule has 0 aliphatic heterocycles. The summed E-state index contributed by atoms with van der Waals surface area (Å²) in [6.07, 6.45) is 3.54. The Morgan fingerprint density at radius 3 is 2.21 bits per heavy atom. The van der Waals surface area contributed by atoms with Crippen LogP contribution < -0.4 is 4.57 Å². The van der Waals surface area contributed by atoms with Crippen molar-refractivity contribution in [3.63, 3.8) is 0 Å². The van der Waals surface area contributed by atoms with Gasteiger partial charge in [-0.15, -0.1) is 12.6 Å². The summed E-state index contributed by atoms with van der Waals surface area (Å²) in [7, 11) is 0. The molecule has 0 fully saturated rings. The Morgan fingerprint density at radius 1 is 1.32 bits per heavy atom. The van der Waals surface area contributed by atoms with Crippen molar-refractivity contribution in [3.8, 4) is 6.07 Å². The third kappa shape index (κ3) is 3.85. The zero-order chi connectivity index (χ0) is 14.6. The average Bonchev–Trinajstić information content (AvgIpc) is 2.34. The first-order valence-corrected chi connectivity index (χ1v) is 6.77. The molecule has 3 nitrogen and oxygen atoms in total. The smallest absolute Gasteiger partial charge is 0.237 e. The number of pyridine rings is 1. The summed E-state index contributed by atoms with van der Waals surface area (Å²) >= 11 is 9.11. The van der Waals surface area contributed by atoms with E-state index in [0.717, 1.165) is 0 Å². The molecule has 0 bridgehead atoms. The summed E-state index contributed by atoms with van der Waals surface area (Å²) in [6, 6.07) is 6.94. The number of nitrogens with zero attached hydrogens (tertiary/aromatic N) is 2. The van der Waals surface area contributed by atoms with E-state index in [-0.39, 0.29) is 9.98 Å². The summed E-state index contributed by atoms with van der Waals surface area (Å²) in [5.41, 5.74) is -0.554. The van der Waals surface area contributed by atoms with Crippen molar-refractivity contribution in [2.24, 2.45) is 11.3 Å². The van der Waals surface area contributed by atoms with Gasteiger partial charge in [-0.3, -0.25) is 4.79 Å². The quantitative estimate of drug-likeness (QED) is 0.527. The summed E-state index contributed by atoms with van der Waals surface area (Å²) in [6.45, 7) is 5.51. The highest BCUT2D eigenvalue weighted by atomic mass is 32.1. The maximum atomic E-state index is 12.6. The van der Waals surface area contributed by atoms with Gasteiger partial charge in [-0.05, 0) is 0 Å². The minimum atomic E-state index is -0.725. The number of ketones is 1. The second-order valence-corrected chi connectivity index (χ2v) is 6.55. The molecule has 0 unspecified atom stereocenters. The van der Waals surface area contributed by atoms with E-state index in [9.17, 15) is 10.1 Å². The fourth-order valence-corrected chi connectivity index (χ4v) is 2.14.